The predicted molar refractivity (Wildman–Crippen MR) is 129 cm³/mol. The minimum Gasteiger partial charge on any atom is -0.497 e. The molecule has 0 fully saturated rings. The molecule has 0 aliphatic heterocycles. The summed E-state index contributed by atoms with van der Waals surface area (Å²) < 4.78 is 32.7. The smallest absolute Gasteiger partial charge is 0.264 e. The van der Waals surface area contributed by atoms with Crippen LogP contribution < -0.4 is 13.9 Å². The summed E-state index contributed by atoms with van der Waals surface area (Å²) in [5.41, 5.74) is 3.31. The average molecular weight is 473 g/mol. The number of hydrogen-bond acceptors (Lipinski definition) is 4. The second kappa shape index (κ2) is 9.22. The van der Waals surface area contributed by atoms with Crippen molar-refractivity contribution in [1.29, 1.82) is 0 Å². The molecule has 0 heterocycles. The minimum absolute atomic E-state index is 0.0300. The first-order valence-electron chi connectivity index (χ1n) is 9.84. The summed E-state index contributed by atoms with van der Waals surface area (Å²) in [4.78, 5) is 14.7. The molecule has 0 saturated heterocycles. The standard InChI is InChI=1S/C24H25ClN2O4S/c1-16-6-13-23(17(2)14-16)26(3)24(28)21-15-20(11-12-22(21)25)32(29,30)27(4)18-7-9-19(31-5)10-8-18/h6-15H,1-5H3. The molecule has 6 nitrogen and oxygen atoms in total. The van der Waals surface area contributed by atoms with Crippen LogP contribution in [0.15, 0.2) is 65.6 Å². The molecule has 0 radical (unpaired) electrons. The number of nitrogens with zero attached hydrogens (tertiary/aromatic N) is 2. The number of rotatable bonds is 6. The van der Waals surface area contributed by atoms with Gasteiger partial charge in [0.25, 0.3) is 15.9 Å². The van der Waals surface area contributed by atoms with E-state index in [4.69, 9.17) is 16.3 Å². The summed E-state index contributed by atoms with van der Waals surface area (Å²) in [6, 6.07) is 16.5. The van der Waals surface area contributed by atoms with Crippen molar-refractivity contribution in [3.63, 3.8) is 0 Å². The SMILES string of the molecule is COc1ccc(N(C)S(=O)(=O)c2ccc(Cl)c(C(=O)N(C)c3ccc(C)cc3C)c2)cc1. The predicted octanol–water partition coefficient (Wildman–Crippen LogP) is 5.07. The maximum Gasteiger partial charge on any atom is 0.264 e. The van der Waals surface area contributed by atoms with Gasteiger partial charge in [0.05, 0.1) is 28.3 Å². The number of amides is 1. The van der Waals surface area contributed by atoms with E-state index in [-0.39, 0.29) is 15.5 Å². The Morgan fingerprint density at radius 2 is 1.59 bits per heavy atom. The van der Waals surface area contributed by atoms with E-state index in [0.29, 0.717) is 11.4 Å². The zero-order valence-electron chi connectivity index (χ0n) is 18.6. The quantitative estimate of drug-likeness (QED) is 0.502. The van der Waals surface area contributed by atoms with Crippen molar-refractivity contribution in [2.24, 2.45) is 0 Å². The molecule has 0 saturated carbocycles. The third kappa shape index (κ3) is 4.59. The van der Waals surface area contributed by atoms with Gasteiger partial charge in [0.2, 0.25) is 0 Å². The summed E-state index contributed by atoms with van der Waals surface area (Å²) in [5.74, 6) is 0.222. The number of ether oxygens (including phenoxy) is 1. The molecule has 0 bridgehead atoms. The van der Waals surface area contributed by atoms with E-state index in [9.17, 15) is 13.2 Å². The summed E-state index contributed by atoms with van der Waals surface area (Å²) in [7, 11) is 0.706. The van der Waals surface area contributed by atoms with Crippen LogP contribution in [0.4, 0.5) is 11.4 Å². The van der Waals surface area contributed by atoms with Gasteiger partial charge >= 0.3 is 0 Å². The van der Waals surface area contributed by atoms with Crippen molar-refractivity contribution in [2.45, 2.75) is 18.7 Å². The molecule has 3 aromatic carbocycles. The Kier molecular flexibility index (Phi) is 6.81. The Balaban J connectivity index is 1.97. The highest BCUT2D eigenvalue weighted by Crippen LogP contribution is 2.29. The molecule has 0 spiro atoms. The van der Waals surface area contributed by atoms with Gasteiger partial charge in [0.15, 0.2) is 0 Å². The summed E-state index contributed by atoms with van der Waals surface area (Å²) >= 11 is 6.30. The lowest BCUT2D eigenvalue weighted by molar-refractivity contribution is 0.0993. The lowest BCUT2D eigenvalue weighted by Crippen LogP contribution is -2.29. The number of hydrogen-bond donors (Lipinski definition) is 0. The number of halogens is 1. The third-order valence-corrected chi connectivity index (χ3v) is 7.39. The van der Waals surface area contributed by atoms with E-state index >= 15 is 0 Å². The monoisotopic (exact) mass is 472 g/mol. The van der Waals surface area contributed by atoms with E-state index < -0.39 is 15.9 Å². The first-order valence-corrected chi connectivity index (χ1v) is 11.7. The van der Waals surface area contributed by atoms with Gasteiger partial charge in [-0.05, 0) is 67.9 Å². The van der Waals surface area contributed by atoms with Crippen LogP contribution in [0.25, 0.3) is 0 Å². The number of benzene rings is 3. The maximum absolute atomic E-state index is 13.2. The van der Waals surface area contributed by atoms with E-state index in [1.54, 1.807) is 31.3 Å². The Labute approximate surface area is 194 Å². The van der Waals surface area contributed by atoms with Crippen LogP contribution in [0, 0.1) is 13.8 Å². The van der Waals surface area contributed by atoms with Crippen LogP contribution >= 0.6 is 11.6 Å². The molecular formula is C24H25ClN2O4S. The largest absolute Gasteiger partial charge is 0.497 e. The number of sulfonamides is 1. The van der Waals surface area contributed by atoms with Crippen molar-refractivity contribution < 1.29 is 17.9 Å². The normalized spacial score (nSPS) is 11.2. The minimum atomic E-state index is -3.93. The maximum atomic E-state index is 13.2. The highest BCUT2D eigenvalue weighted by Gasteiger charge is 2.25. The molecule has 3 rings (SSSR count). The lowest BCUT2D eigenvalue weighted by Gasteiger charge is -2.22. The average Bonchev–Trinajstić information content (AvgIpc) is 2.78. The number of anilines is 2. The first kappa shape index (κ1) is 23.6. The number of methoxy groups -OCH3 is 1. The molecule has 1 amide bonds. The zero-order valence-corrected chi connectivity index (χ0v) is 20.2. The van der Waals surface area contributed by atoms with Gasteiger partial charge in [-0.1, -0.05) is 29.3 Å². The van der Waals surface area contributed by atoms with Crippen molar-refractivity contribution >= 4 is 38.9 Å². The lowest BCUT2D eigenvalue weighted by atomic mass is 10.1. The molecule has 168 valence electrons. The Morgan fingerprint density at radius 3 is 2.19 bits per heavy atom. The van der Waals surface area contributed by atoms with Crippen LogP contribution in [0.5, 0.6) is 5.75 Å². The van der Waals surface area contributed by atoms with E-state index in [2.05, 4.69) is 0 Å². The van der Waals surface area contributed by atoms with Crippen LogP contribution in [-0.4, -0.2) is 35.5 Å². The van der Waals surface area contributed by atoms with E-state index in [0.717, 1.165) is 21.1 Å². The third-order valence-electron chi connectivity index (χ3n) is 5.28. The highest BCUT2D eigenvalue weighted by atomic mass is 35.5. The van der Waals surface area contributed by atoms with Crippen LogP contribution in [-0.2, 0) is 10.0 Å². The van der Waals surface area contributed by atoms with Crippen LogP contribution in [0.3, 0.4) is 0 Å². The van der Waals surface area contributed by atoms with Crippen molar-refractivity contribution in [1.82, 2.24) is 0 Å². The Bertz CT molecular complexity index is 1260. The second-order valence-electron chi connectivity index (χ2n) is 7.47. The second-order valence-corrected chi connectivity index (χ2v) is 9.84. The fourth-order valence-corrected chi connectivity index (χ4v) is 4.81. The molecule has 8 heteroatoms. The van der Waals surface area contributed by atoms with Gasteiger partial charge in [-0.2, -0.15) is 0 Å². The summed E-state index contributed by atoms with van der Waals surface area (Å²) in [5, 5.41) is 0.178. The molecule has 0 aliphatic rings. The van der Waals surface area contributed by atoms with E-state index in [1.165, 1.54) is 37.3 Å². The molecule has 0 atom stereocenters. The van der Waals surface area contributed by atoms with Crippen molar-refractivity contribution in [3.8, 4) is 5.75 Å². The molecular weight excluding hydrogens is 448 g/mol. The van der Waals surface area contributed by atoms with Crippen LogP contribution in [0.2, 0.25) is 5.02 Å². The zero-order chi connectivity index (χ0) is 23.6. The Hall–Kier alpha value is -3.03. The molecule has 32 heavy (non-hydrogen) atoms. The molecule has 3 aromatic rings. The fraction of sp³-hybridized carbons (Fsp3) is 0.208. The topological polar surface area (TPSA) is 66.9 Å². The summed E-state index contributed by atoms with van der Waals surface area (Å²) in [6.45, 7) is 3.89. The van der Waals surface area contributed by atoms with E-state index in [1.807, 2.05) is 32.0 Å². The van der Waals surface area contributed by atoms with Gasteiger partial charge in [-0.15, -0.1) is 0 Å². The molecule has 0 unspecified atom stereocenters. The van der Waals surface area contributed by atoms with Crippen molar-refractivity contribution in [2.75, 3.05) is 30.4 Å². The highest BCUT2D eigenvalue weighted by molar-refractivity contribution is 7.92. The first-order chi connectivity index (χ1) is 15.1. The van der Waals surface area contributed by atoms with Gasteiger partial charge in [-0.3, -0.25) is 9.10 Å². The number of carbonyl (C=O) groups excluding carboxylic acids is 1. The van der Waals surface area contributed by atoms with Gasteiger partial charge < -0.3 is 9.64 Å². The van der Waals surface area contributed by atoms with Gasteiger partial charge in [-0.25, -0.2) is 8.42 Å². The number of aryl methyl sites for hydroxylation is 2. The van der Waals surface area contributed by atoms with Crippen LogP contribution in [0.1, 0.15) is 21.5 Å². The van der Waals surface area contributed by atoms with Gasteiger partial charge in [0.1, 0.15) is 5.75 Å². The molecule has 0 aliphatic carbocycles. The number of carbonyl (C=O) groups is 1. The molecule has 0 aromatic heterocycles. The summed E-state index contributed by atoms with van der Waals surface area (Å²) in [6.07, 6.45) is 0. The van der Waals surface area contributed by atoms with Crippen molar-refractivity contribution in [3.05, 3.63) is 82.4 Å². The molecule has 0 N–H and O–H groups in total. The Morgan fingerprint density at radius 1 is 0.938 bits per heavy atom. The fourth-order valence-electron chi connectivity index (χ4n) is 3.39. The van der Waals surface area contributed by atoms with Gasteiger partial charge in [0, 0.05) is 19.8 Å².